The SMILES string of the molecule is Cc1cc(/C=C2\SC(=O)N(CC(=O)Nc3ccc(F)cc3)C2=O)c(C)n1-c1ccc(N2CCCC2)c([N+](=O)[O-])c1. The third kappa shape index (κ3) is 5.34. The average molecular weight is 564 g/mol. The summed E-state index contributed by atoms with van der Waals surface area (Å²) in [7, 11) is 0. The van der Waals surface area contributed by atoms with Crippen LogP contribution in [0.5, 0.6) is 0 Å². The van der Waals surface area contributed by atoms with Gasteiger partial charge >= 0.3 is 0 Å². The fourth-order valence-electron chi connectivity index (χ4n) is 5.01. The lowest BCUT2D eigenvalue weighted by molar-refractivity contribution is -0.384. The van der Waals surface area contributed by atoms with E-state index in [4.69, 9.17) is 0 Å². The first-order valence-corrected chi connectivity index (χ1v) is 13.5. The van der Waals surface area contributed by atoms with E-state index in [-0.39, 0.29) is 15.5 Å². The Kier molecular flexibility index (Phi) is 7.44. The molecule has 3 heterocycles. The Labute approximate surface area is 233 Å². The molecule has 0 aliphatic carbocycles. The number of nitro groups is 1. The minimum atomic E-state index is -0.598. The van der Waals surface area contributed by atoms with Crippen LogP contribution < -0.4 is 10.2 Å². The van der Waals surface area contributed by atoms with Crippen LogP contribution >= 0.6 is 11.8 Å². The van der Waals surface area contributed by atoms with Crippen molar-refractivity contribution in [3.05, 3.63) is 86.3 Å². The first-order valence-electron chi connectivity index (χ1n) is 12.7. The molecule has 0 radical (unpaired) electrons. The van der Waals surface area contributed by atoms with Crippen LogP contribution in [0.4, 0.5) is 26.2 Å². The largest absolute Gasteiger partial charge is 0.366 e. The molecule has 2 saturated heterocycles. The zero-order valence-electron chi connectivity index (χ0n) is 21.8. The number of hydrogen-bond acceptors (Lipinski definition) is 7. The van der Waals surface area contributed by atoms with E-state index in [1.807, 2.05) is 35.4 Å². The molecule has 0 unspecified atom stereocenters. The van der Waals surface area contributed by atoms with E-state index >= 15 is 0 Å². The van der Waals surface area contributed by atoms with E-state index in [0.29, 0.717) is 22.6 Å². The number of aryl methyl sites for hydroxylation is 1. The van der Waals surface area contributed by atoms with E-state index in [2.05, 4.69) is 5.32 Å². The van der Waals surface area contributed by atoms with Crippen LogP contribution in [-0.4, -0.2) is 51.1 Å². The van der Waals surface area contributed by atoms with E-state index in [9.17, 15) is 28.9 Å². The fourth-order valence-corrected chi connectivity index (χ4v) is 5.84. The summed E-state index contributed by atoms with van der Waals surface area (Å²) in [4.78, 5) is 52.6. The second-order valence-corrected chi connectivity index (χ2v) is 10.6. The van der Waals surface area contributed by atoms with E-state index in [0.717, 1.165) is 54.0 Å². The number of imide groups is 1. The van der Waals surface area contributed by atoms with E-state index in [1.165, 1.54) is 24.3 Å². The normalized spacial score (nSPS) is 16.3. The molecule has 0 atom stereocenters. The smallest absolute Gasteiger partial charge is 0.294 e. The van der Waals surface area contributed by atoms with Gasteiger partial charge in [0.1, 0.15) is 18.0 Å². The van der Waals surface area contributed by atoms with Gasteiger partial charge in [0.05, 0.1) is 15.5 Å². The molecule has 40 heavy (non-hydrogen) atoms. The quantitative estimate of drug-likeness (QED) is 0.232. The number of nitrogens with zero attached hydrogens (tertiary/aromatic N) is 4. The zero-order chi connectivity index (χ0) is 28.6. The number of benzene rings is 2. The van der Waals surface area contributed by atoms with Gasteiger partial charge in [-0.3, -0.25) is 29.4 Å². The summed E-state index contributed by atoms with van der Waals surface area (Å²) >= 11 is 0.734. The third-order valence-corrected chi connectivity index (χ3v) is 7.83. The van der Waals surface area contributed by atoms with Crippen LogP contribution in [0.3, 0.4) is 0 Å². The predicted octanol–water partition coefficient (Wildman–Crippen LogP) is 5.42. The molecule has 0 saturated carbocycles. The number of hydrogen-bond donors (Lipinski definition) is 1. The summed E-state index contributed by atoms with van der Waals surface area (Å²) < 4.78 is 15.0. The maximum absolute atomic E-state index is 13.1. The topological polar surface area (TPSA) is 118 Å². The molecule has 3 amide bonds. The Hall–Kier alpha value is -4.45. The highest BCUT2D eigenvalue weighted by atomic mass is 32.2. The zero-order valence-corrected chi connectivity index (χ0v) is 22.7. The van der Waals surface area contributed by atoms with Gasteiger partial charge in [-0.05, 0) is 92.6 Å². The first kappa shape index (κ1) is 27.1. The molecule has 1 aromatic heterocycles. The molecular weight excluding hydrogens is 537 g/mol. The molecule has 0 spiro atoms. The molecule has 12 heteroatoms. The summed E-state index contributed by atoms with van der Waals surface area (Å²) in [5.41, 5.74) is 3.81. The van der Waals surface area contributed by atoms with Gasteiger partial charge < -0.3 is 14.8 Å². The third-order valence-electron chi connectivity index (χ3n) is 6.92. The van der Waals surface area contributed by atoms with Gasteiger partial charge in [-0.25, -0.2) is 4.39 Å². The fraction of sp³-hybridized carbons (Fsp3) is 0.250. The van der Waals surface area contributed by atoms with Crippen LogP contribution in [0.2, 0.25) is 0 Å². The van der Waals surface area contributed by atoms with Crippen molar-refractivity contribution in [1.29, 1.82) is 0 Å². The predicted molar refractivity (Wildman–Crippen MR) is 151 cm³/mol. The number of aromatic nitrogens is 1. The van der Waals surface area contributed by atoms with E-state index < -0.39 is 29.4 Å². The van der Waals surface area contributed by atoms with Crippen molar-refractivity contribution in [1.82, 2.24) is 9.47 Å². The van der Waals surface area contributed by atoms with Gasteiger partial charge in [0.15, 0.2) is 0 Å². The highest BCUT2D eigenvalue weighted by molar-refractivity contribution is 8.18. The molecule has 0 bridgehead atoms. The van der Waals surface area contributed by atoms with Gasteiger partial charge in [0, 0.05) is 36.2 Å². The Balaban J connectivity index is 1.37. The number of thioether (sulfide) groups is 1. The van der Waals surface area contributed by atoms with Gasteiger partial charge in [-0.1, -0.05) is 0 Å². The van der Waals surface area contributed by atoms with Crippen molar-refractivity contribution in [2.75, 3.05) is 29.9 Å². The van der Waals surface area contributed by atoms with Crippen molar-refractivity contribution in [2.24, 2.45) is 0 Å². The van der Waals surface area contributed by atoms with Crippen LogP contribution in [0.1, 0.15) is 29.8 Å². The number of rotatable bonds is 7. The lowest BCUT2D eigenvalue weighted by Crippen LogP contribution is -2.36. The molecule has 2 aliphatic heterocycles. The number of anilines is 2. The average Bonchev–Trinajstić information content (AvgIpc) is 3.61. The maximum atomic E-state index is 13.1. The summed E-state index contributed by atoms with van der Waals surface area (Å²) in [6, 6.07) is 12.2. The second-order valence-electron chi connectivity index (χ2n) is 9.61. The second kappa shape index (κ2) is 11.0. The van der Waals surface area contributed by atoms with Crippen LogP contribution in [0.25, 0.3) is 11.8 Å². The molecule has 10 nitrogen and oxygen atoms in total. The Morgan fingerprint density at radius 1 is 1.10 bits per heavy atom. The van der Waals surface area contributed by atoms with Gasteiger partial charge in [0.2, 0.25) is 5.91 Å². The van der Waals surface area contributed by atoms with Crippen LogP contribution in [0.15, 0.2) is 53.4 Å². The Morgan fingerprint density at radius 3 is 2.48 bits per heavy atom. The van der Waals surface area contributed by atoms with Gasteiger partial charge in [-0.15, -0.1) is 0 Å². The number of nitro benzene ring substituents is 1. The number of halogens is 1. The minimum absolute atomic E-state index is 0.0356. The summed E-state index contributed by atoms with van der Waals surface area (Å²) in [5.74, 6) is -1.64. The van der Waals surface area contributed by atoms with Crippen molar-refractivity contribution in [3.8, 4) is 5.69 Å². The number of carbonyl (C=O) groups excluding carboxylic acids is 3. The highest BCUT2D eigenvalue weighted by Crippen LogP contribution is 2.36. The lowest BCUT2D eigenvalue weighted by atomic mass is 10.2. The minimum Gasteiger partial charge on any atom is -0.366 e. The van der Waals surface area contributed by atoms with Crippen molar-refractivity contribution in [3.63, 3.8) is 0 Å². The van der Waals surface area contributed by atoms with Crippen LogP contribution in [0, 0.1) is 29.8 Å². The maximum Gasteiger partial charge on any atom is 0.294 e. The number of carbonyl (C=O) groups is 3. The standard InChI is InChI=1S/C28H26FN5O5S/c1-17-13-19(18(2)33(17)22-9-10-23(24(15-22)34(38)39)31-11-3-4-12-31)14-25-27(36)32(28(37)40-25)16-26(35)30-21-7-5-20(29)6-8-21/h5-10,13-15H,3-4,11-12,16H2,1-2H3,(H,30,35)/b25-14-. The summed E-state index contributed by atoms with van der Waals surface area (Å²) in [5, 5.41) is 13.9. The molecule has 1 N–H and O–H groups in total. The number of nitrogens with one attached hydrogen (secondary N) is 1. The van der Waals surface area contributed by atoms with Crippen LogP contribution in [-0.2, 0) is 9.59 Å². The van der Waals surface area contributed by atoms with Crippen molar-refractivity contribution >= 4 is 52.0 Å². The van der Waals surface area contributed by atoms with E-state index in [1.54, 1.807) is 18.2 Å². The van der Waals surface area contributed by atoms with Crippen molar-refractivity contribution in [2.45, 2.75) is 26.7 Å². The lowest BCUT2D eigenvalue weighted by Gasteiger charge is -2.19. The monoisotopic (exact) mass is 563 g/mol. The molecular formula is C28H26FN5O5S. The molecule has 206 valence electrons. The summed E-state index contributed by atoms with van der Waals surface area (Å²) in [6.45, 7) is 4.78. The molecule has 5 rings (SSSR count). The Bertz CT molecular complexity index is 1560. The van der Waals surface area contributed by atoms with Gasteiger partial charge in [-0.2, -0.15) is 0 Å². The molecule has 2 fully saturated rings. The molecule has 2 aromatic carbocycles. The van der Waals surface area contributed by atoms with Crippen molar-refractivity contribution < 1.29 is 23.7 Å². The first-order chi connectivity index (χ1) is 19.1. The Morgan fingerprint density at radius 2 is 1.80 bits per heavy atom. The molecule has 3 aromatic rings. The summed E-state index contributed by atoms with van der Waals surface area (Å²) in [6.07, 6.45) is 3.60. The highest BCUT2D eigenvalue weighted by Gasteiger charge is 2.36. The molecule has 2 aliphatic rings. The number of amides is 3. The van der Waals surface area contributed by atoms with Gasteiger partial charge in [0.25, 0.3) is 16.8 Å².